The van der Waals surface area contributed by atoms with Gasteiger partial charge in [-0.1, -0.05) is 30.3 Å². The predicted octanol–water partition coefficient (Wildman–Crippen LogP) is 3.30. The zero-order chi connectivity index (χ0) is 25.9. The number of rotatable bonds is 8. The largest absolute Gasteiger partial charge is 0.339 e. The maximum atomic E-state index is 13.7. The summed E-state index contributed by atoms with van der Waals surface area (Å²) in [6, 6.07) is 12.6. The van der Waals surface area contributed by atoms with E-state index >= 15 is 0 Å². The second-order valence-corrected chi connectivity index (χ2v) is 9.84. The highest BCUT2D eigenvalue weighted by molar-refractivity contribution is 6.07. The first-order valence-corrected chi connectivity index (χ1v) is 12.3. The summed E-state index contributed by atoms with van der Waals surface area (Å²) in [7, 11) is 3.78. The quantitative estimate of drug-likeness (QED) is 0.567. The highest BCUT2D eigenvalue weighted by atomic mass is 19.2. The van der Waals surface area contributed by atoms with Gasteiger partial charge in [-0.15, -0.1) is 0 Å². The minimum Gasteiger partial charge on any atom is -0.339 e. The number of urea groups is 1. The van der Waals surface area contributed by atoms with Crippen LogP contribution in [0.4, 0.5) is 13.6 Å². The van der Waals surface area contributed by atoms with Gasteiger partial charge in [-0.05, 0) is 69.5 Å². The molecule has 4 rings (SSSR count). The molecule has 2 aliphatic heterocycles. The number of carbonyl (C=O) groups excluding carboxylic acids is 3. The van der Waals surface area contributed by atoms with Crippen LogP contribution in [-0.4, -0.2) is 78.4 Å². The van der Waals surface area contributed by atoms with Gasteiger partial charge in [-0.2, -0.15) is 0 Å². The van der Waals surface area contributed by atoms with E-state index in [4.69, 9.17) is 0 Å². The lowest BCUT2D eigenvalue weighted by atomic mass is 9.74. The molecule has 0 spiro atoms. The first kappa shape index (κ1) is 25.8. The summed E-state index contributed by atoms with van der Waals surface area (Å²) < 4.78 is 26.9. The van der Waals surface area contributed by atoms with Gasteiger partial charge < -0.3 is 15.1 Å². The second kappa shape index (κ2) is 10.7. The van der Waals surface area contributed by atoms with Crippen molar-refractivity contribution in [3.8, 4) is 0 Å². The van der Waals surface area contributed by atoms with Crippen molar-refractivity contribution in [3.05, 3.63) is 71.3 Å². The van der Waals surface area contributed by atoms with Crippen LogP contribution in [0.3, 0.4) is 0 Å². The van der Waals surface area contributed by atoms with Crippen LogP contribution in [0.5, 0.6) is 0 Å². The average Bonchev–Trinajstić information content (AvgIpc) is 3.12. The predicted molar refractivity (Wildman–Crippen MR) is 131 cm³/mol. The Kier molecular flexibility index (Phi) is 7.68. The van der Waals surface area contributed by atoms with Crippen LogP contribution in [0.2, 0.25) is 0 Å². The molecule has 7 nitrogen and oxygen atoms in total. The summed E-state index contributed by atoms with van der Waals surface area (Å²) in [5.41, 5.74) is 0.124. The number of hydrogen-bond donors (Lipinski definition) is 1. The van der Waals surface area contributed by atoms with Crippen molar-refractivity contribution in [1.82, 2.24) is 20.0 Å². The average molecular weight is 499 g/mol. The van der Waals surface area contributed by atoms with Gasteiger partial charge >= 0.3 is 6.03 Å². The van der Waals surface area contributed by atoms with Gasteiger partial charge in [-0.3, -0.25) is 14.5 Å². The Balaban J connectivity index is 1.51. The zero-order valence-corrected chi connectivity index (χ0v) is 20.7. The van der Waals surface area contributed by atoms with Crippen LogP contribution in [-0.2, 0) is 11.2 Å². The van der Waals surface area contributed by atoms with Crippen LogP contribution in [0.1, 0.15) is 35.2 Å². The number of likely N-dealkylation sites (tertiary alicyclic amines) is 1. The van der Waals surface area contributed by atoms with Crippen LogP contribution >= 0.6 is 0 Å². The van der Waals surface area contributed by atoms with E-state index in [9.17, 15) is 23.2 Å². The maximum Gasteiger partial charge on any atom is 0.325 e. The number of benzene rings is 2. The van der Waals surface area contributed by atoms with Crippen molar-refractivity contribution in [3.63, 3.8) is 0 Å². The van der Waals surface area contributed by atoms with E-state index in [1.54, 1.807) is 4.90 Å². The normalized spacial score (nSPS) is 20.8. The number of hydrogen-bond acceptors (Lipinski definition) is 4. The number of likely N-dealkylation sites (N-methyl/N-ethyl adjacent to an activating group) is 1. The van der Waals surface area contributed by atoms with Gasteiger partial charge in [0.1, 0.15) is 5.54 Å². The Morgan fingerprint density at radius 1 is 1.06 bits per heavy atom. The van der Waals surface area contributed by atoms with Gasteiger partial charge in [0.15, 0.2) is 11.6 Å². The Hall–Kier alpha value is -3.33. The van der Waals surface area contributed by atoms with E-state index in [1.165, 1.54) is 11.0 Å². The van der Waals surface area contributed by atoms with Gasteiger partial charge in [0, 0.05) is 31.7 Å². The molecule has 1 atom stereocenters. The van der Waals surface area contributed by atoms with Crippen LogP contribution in [0.25, 0.3) is 0 Å². The molecule has 2 aromatic rings. The van der Waals surface area contributed by atoms with Gasteiger partial charge in [0.05, 0.1) is 0 Å². The van der Waals surface area contributed by atoms with E-state index in [-0.39, 0.29) is 29.3 Å². The summed E-state index contributed by atoms with van der Waals surface area (Å²) in [6.07, 6.45) is 2.11. The molecular formula is C27H32F2N4O3. The summed E-state index contributed by atoms with van der Waals surface area (Å²) >= 11 is 0. The Labute approximate surface area is 210 Å². The number of halogens is 2. The fraction of sp³-hybridized carbons (Fsp3) is 0.444. The molecule has 0 unspecified atom stereocenters. The molecule has 2 fully saturated rings. The maximum absolute atomic E-state index is 13.7. The molecule has 0 saturated carbocycles. The van der Waals surface area contributed by atoms with Crippen LogP contribution in [0, 0.1) is 17.6 Å². The molecule has 2 heterocycles. The fourth-order valence-electron chi connectivity index (χ4n) is 5.17. The molecule has 1 N–H and O–H groups in total. The van der Waals surface area contributed by atoms with Crippen molar-refractivity contribution in [2.24, 2.45) is 5.92 Å². The lowest BCUT2D eigenvalue weighted by Gasteiger charge is -2.41. The second-order valence-electron chi connectivity index (χ2n) is 9.84. The number of amides is 4. The summed E-state index contributed by atoms with van der Waals surface area (Å²) in [4.78, 5) is 44.4. The minimum absolute atomic E-state index is 0.0891. The molecule has 9 heteroatoms. The van der Waals surface area contributed by atoms with E-state index in [1.807, 2.05) is 49.3 Å². The minimum atomic E-state index is -1.06. The van der Waals surface area contributed by atoms with Crippen LogP contribution < -0.4 is 5.32 Å². The number of nitrogens with zero attached hydrogens (tertiary/aromatic N) is 3. The molecule has 36 heavy (non-hydrogen) atoms. The first-order valence-electron chi connectivity index (χ1n) is 12.3. The molecule has 2 aromatic carbocycles. The van der Waals surface area contributed by atoms with Crippen molar-refractivity contribution in [2.75, 3.05) is 40.3 Å². The highest BCUT2D eigenvalue weighted by Crippen LogP contribution is 2.37. The molecule has 0 aromatic heterocycles. The Morgan fingerprint density at radius 3 is 2.39 bits per heavy atom. The third-order valence-corrected chi connectivity index (χ3v) is 7.27. The monoisotopic (exact) mass is 498 g/mol. The van der Waals surface area contributed by atoms with Gasteiger partial charge in [0.25, 0.3) is 11.8 Å². The first-order chi connectivity index (χ1) is 17.2. The van der Waals surface area contributed by atoms with E-state index in [0.29, 0.717) is 51.9 Å². The van der Waals surface area contributed by atoms with Crippen LogP contribution in [0.15, 0.2) is 48.5 Å². The summed E-state index contributed by atoms with van der Waals surface area (Å²) in [6.45, 7) is 1.58. The Morgan fingerprint density at radius 2 is 1.75 bits per heavy atom. The zero-order valence-electron chi connectivity index (χ0n) is 20.7. The highest BCUT2D eigenvalue weighted by Gasteiger charge is 2.55. The molecule has 0 aliphatic carbocycles. The standard InChI is InChI=1S/C27H32F2N4O3/c1-31(2)16-17-33-25(35)27(30-26(33)36,13-10-19-6-4-3-5-7-19)21-11-14-32(15-12-21)24(34)20-8-9-22(28)23(29)18-20/h3-9,18,21H,10-17H2,1-2H3,(H,30,36)/t27-/m1/s1. The van der Waals surface area contributed by atoms with E-state index in [0.717, 1.165) is 17.7 Å². The van der Waals surface area contributed by atoms with Gasteiger partial charge in [0.2, 0.25) is 0 Å². The SMILES string of the molecule is CN(C)CCN1C(=O)N[C@](CCc2ccccc2)(C2CCN(C(=O)c3ccc(F)c(F)c3)CC2)C1=O. The third kappa shape index (κ3) is 5.26. The number of imide groups is 1. The third-order valence-electron chi connectivity index (χ3n) is 7.27. The number of piperidine rings is 1. The molecule has 2 aliphatic rings. The summed E-state index contributed by atoms with van der Waals surface area (Å²) in [5.74, 6) is -2.81. The molecule has 0 bridgehead atoms. The number of aryl methyl sites for hydroxylation is 1. The smallest absolute Gasteiger partial charge is 0.325 e. The van der Waals surface area contributed by atoms with Crippen molar-refractivity contribution in [1.29, 1.82) is 0 Å². The summed E-state index contributed by atoms with van der Waals surface area (Å²) in [5, 5.41) is 3.04. The molecule has 192 valence electrons. The lowest BCUT2D eigenvalue weighted by Crippen LogP contribution is -2.57. The molecule has 4 amide bonds. The van der Waals surface area contributed by atoms with Crippen molar-refractivity contribution in [2.45, 2.75) is 31.2 Å². The van der Waals surface area contributed by atoms with E-state index in [2.05, 4.69) is 5.32 Å². The molecule has 2 saturated heterocycles. The molecular weight excluding hydrogens is 466 g/mol. The molecule has 0 radical (unpaired) electrons. The fourth-order valence-corrected chi connectivity index (χ4v) is 5.17. The van der Waals surface area contributed by atoms with Crippen molar-refractivity contribution >= 4 is 17.8 Å². The Bertz CT molecular complexity index is 1120. The topological polar surface area (TPSA) is 73.0 Å². The van der Waals surface area contributed by atoms with E-state index < -0.39 is 17.2 Å². The van der Waals surface area contributed by atoms with Crippen molar-refractivity contribution < 1.29 is 23.2 Å². The number of nitrogens with one attached hydrogen (secondary N) is 1. The lowest BCUT2D eigenvalue weighted by molar-refractivity contribution is -0.134. The van der Waals surface area contributed by atoms with Gasteiger partial charge in [-0.25, -0.2) is 13.6 Å². The number of carbonyl (C=O) groups is 3.